The van der Waals surface area contributed by atoms with Crippen molar-refractivity contribution in [1.29, 1.82) is 0 Å². The molecule has 0 aliphatic rings. The number of rotatable bonds is 3. The van der Waals surface area contributed by atoms with Crippen LogP contribution in [0.4, 0.5) is 0 Å². The first-order valence-corrected chi connectivity index (χ1v) is 6.46. The van der Waals surface area contributed by atoms with Crippen LogP contribution in [-0.4, -0.2) is 9.67 Å². The highest BCUT2D eigenvalue weighted by molar-refractivity contribution is 5.73. The van der Waals surface area contributed by atoms with Crippen LogP contribution < -0.4 is 5.76 Å². The molecule has 0 atom stereocenters. The van der Waals surface area contributed by atoms with Gasteiger partial charge in [-0.05, 0) is 35.7 Å². The molecule has 0 saturated heterocycles. The molecule has 3 rings (SSSR count). The Hall–Kier alpha value is -2.33. The summed E-state index contributed by atoms with van der Waals surface area (Å²) in [7, 11) is 0. The van der Waals surface area contributed by atoms with E-state index < -0.39 is 0 Å². The van der Waals surface area contributed by atoms with Gasteiger partial charge in [-0.25, -0.2) is 4.79 Å². The predicted octanol–water partition coefficient (Wildman–Crippen LogP) is 2.44. The fraction of sp³-hybridized carbons (Fsp3) is 0.188. The van der Waals surface area contributed by atoms with Gasteiger partial charge < -0.3 is 9.52 Å². The average molecular weight is 269 g/mol. The van der Waals surface area contributed by atoms with Crippen LogP contribution in [0.3, 0.4) is 0 Å². The van der Waals surface area contributed by atoms with E-state index >= 15 is 0 Å². The number of fused-ring (bicyclic) bond motifs is 1. The Labute approximate surface area is 115 Å². The van der Waals surface area contributed by atoms with Crippen molar-refractivity contribution in [2.75, 3.05) is 0 Å². The van der Waals surface area contributed by atoms with Crippen molar-refractivity contribution >= 4 is 11.1 Å². The highest BCUT2D eigenvalue weighted by atomic mass is 16.4. The van der Waals surface area contributed by atoms with E-state index in [-0.39, 0.29) is 12.4 Å². The van der Waals surface area contributed by atoms with Crippen LogP contribution in [0.1, 0.15) is 16.7 Å². The molecular weight excluding hydrogens is 254 g/mol. The smallest absolute Gasteiger partial charge is 0.408 e. The summed E-state index contributed by atoms with van der Waals surface area (Å²) in [6.45, 7) is 2.44. The van der Waals surface area contributed by atoms with Gasteiger partial charge in [-0.3, -0.25) is 4.57 Å². The van der Waals surface area contributed by atoms with Gasteiger partial charge in [0.2, 0.25) is 0 Å². The molecule has 0 aliphatic carbocycles. The largest absolute Gasteiger partial charge is 0.420 e. The van der Waals surface area contributed by atoms with Gasteiger partial charge >= 0.3 is 5.76 Å². The quantitative estimate of drug-likeness (QED) is 0.794. The highest BCUT2D eigenvalue weighted by Crippen LogP contribution is 2.17. The summed E-state index contributed by atoms with van der Waals surface area (Å²) < 4.78 is 6.86. The molecular formula is C16H15NO3. The summed E-state index contributed by atoms with van der Waals surface area (Å²) in [5, 5.41) is 9.12. The zero-order chi connectivity index (χ0) is 14.1. The van der Waals surface area contributed by atoms with Crippen LogP contribution in [0, 0.1) is 6.92 Å². The number of aliphatic hydroxyl groups excluding tert-OH is 1. The summed E-state index contributed by atoms with van der Waals surface area (Å²) in [5.74, 6) is -0.377. The van der Waals surface area contributed by atoms with Crippen molar-refractivity contribution in [1.82, 2.24) is 4.57 Å². The Balaban J connectivity index is 2.10. The number of hydrogen-bond acceptors (Lipinski definition) is 3. The van der Waals surface area contributed by atoms with Crippen LogP contribution in [0.5, 0.6) is 0 Å². The molecule has 0 fully saturated rings. The first kappa shape index (κ1) is 12.7. The Morgan fingerprint density at radius 3 is 2.75 bits per heavy atom. The van der Waals surface area contributed by atoms with Crippen molar-refractivity contribution in [3.05, 3.63) is 69.7 Å². The van der Waals surface area contributed by atoms with Gasteiger partial charge in [-0.1, -0.05) is 30.3 Å². The molecule has 1 heterocycles. The molecule has 2 aromatic carbocycles. The van der Waals surface area contributed by atoms with Crippen molar-refractivity contribution in [2.24, 2.45) is 0 Å². The van der Waals surface area contributed by atoms with Crippen molar-refractivity contribution in [3.8, 4) is 0 Å². The fourth-order valence-corrected chi connectivity index (χ4v) is 2.32. The molecule has 0 amide bonds. The number of aromatic nitrogens is 1. The number of oxazole rings is 1. The molecule has 0 bridgehead atoms. The molecule has 1 aromatic heterocycles. The SMILES string of the molecule is Cc1ccccc1Cn1c(=O)oc2cc(CO)ccc21. The molecule has 3 aromatic rings. The molecule has 0 radical (unpaired) electrons. The van der Waals surface area contributed by atoms with Crippen LogP contribution in [0.2, 0.25) is 0 Å². The van der Waals surface area contributed by atoms with Crippen molar-refractivity contribution < 1.29 is 9.52 Å². The topological polar surface area (TPSA) is 55.4 Å². The summed E-state index contributed by atoms with van der Waals surface area (Å²) in [4.78, 5) is 12.0. The summed E-state index contributed by atoms with van der Waals surface area (Å²) in [6.07, 6.45) is 0. The molecule has 4 nitrogen and oxygen atoms in total. The zero-order valence-electron chi connectivity index (χ0n) is 11.2. The predicted molar refractivity (Wildman–Crippen MR) is 76.7 cm³/mol. The third-order valence-corrected chi connectivity index (χ3v) is 3.50. The lowest BCUT2D eigenvalue weighted by molar-refractivity contribution is 0.282. The van der Waals surface area contributed by atoms with Crippen molar-refractivity contribution in [3.63, 3.8) is 0 Å². The Morgan fingerprint density at radius 1 is 1.20 bits per heavy atom. The fourth-order valence-electron chi connectivity index (χ4n) is 2.32. The van der Waals surface area contributed by atoms with E-state index in [0.717, 1.165) is 22.2 Å². The second-order valence-corrected chi connectivity index (χ2v) is 4.84. The first-order valence-electron chi connectivity index (χ1n) is 6.46. The molecule has 0 saturated carbocycles. The molecule has 4 heteroatoms. The van der Waals surface area contributed by atoms with E-state index in [4.69, 9.17) is 9.52 Å². The number of benzene rings is 2. The number of aliphatic hydroxyl groups is 1. The van der Waals surface area contributed by atoms with Crippen LogP contribution in [-0.2, 0) is 13.2 Å². The summed E-state index contributed by atoms with van der Waals surface area (Å²) in [5.41, 5.74) is 4.21. The van der Waals surface area contributed by atoms with Gasteiger partial charge in [0.25, 0.3) is 0 Å². The lowest BCUT2D eigenvalue weighted by Gasteiger charge is -2.06. The van der Waals surface area contributed by atoms with Crippen LogP contribution >= 0.6 is 0 Å². The Morgan fingerprint density at radius 2 is 2.00 bits per heavy atom. The van der Waals surface area contributed by atoms with Gasteiger partial charge in [-0.2, -0.15) is 0 Å². The zero-order valence-corrected chi connectivity index (χ0v) is 11.2. The minimum Gasteiger partial charge on any atom is -0.408 e. The molecule has 1 N–H and O–H groups in total. The van der Waals surface area contributed by atoms with Crippen molar-refractivity contribution in [2.45, 2.75) is 20.1 Å². The van der Waals surface area contributed by atoms with Crippen LogP contribution in [0.15, 0.2) is 51.7 Å². The third-order valence-electron chi connectivity index (χ3n) is 3.50. The lowest BCUT2D eigenvalue weighted by atomic mass is 10.1. The summed E-state index contributed by atoms with van der Waals surface area (Å²) >= 11 is 0. The number of nitrogens with zero attached hydrogens (tertiary/aromatic N) is 1. The second kappa shape index (κ2) is 4.98. The molecule has 0 aliphatic heterocycles. The standard InChI is InChI=1S/C16H15NO3/c1-11-4-2-3-5-13(11)9-17-14-7-6-12(10-18)8-15(14)20-16(17)19/h2-8,18H,9-10H2,1H3. The van der Waals surface area contributed by atoms with E-state index in [1.54, 1.807) is 16.7 Å². The van der Waals surface area contributed by atoms with E-state index in [1.165, 1.54) is 0 Å². The highest BCUT2D eigenvalue weighted by Gasteiger charge is 2.11. The second-order valence-electron chi connectivity index (χ2n) is 4.84. The van der Waals surface area contributed by atoms with Gasteiger partial charge in [0.15, 0.2) is 5.58 Å². The minimum absolute atomic E-state index is 0.0668. The van der Waals surface area contributed by atoms with Gasteiger partial charge in [0, 0.05) is 0 Å². The monoisotopic (exact) mass is 269 g/mol. The Kier molecular flexibility index (Phi) is 3.16. The van der Waals surface area contributed by atoms with E-state index in [9.17, 15) is 4.79 Å². The third kappa shape index (κ3) is 2.14. The van der Waals surface area contributed by atoms with Gasteiger partial charge in [0.1, 0.15) is 0 Å². The van der Waals surface area contributed by atoms with Gasteiger partial charge in [0.05, 0.1) is 18.7 Å². The number of aryl methyl sites for hydroxylation is 1. The summed E-state index contributed by atoms with van der Waals surface area (Å²) in [6, 6.07) is 13.3. The molecule has 0 unspecified atom stereocenters. The van der Waals surface area contributed by atoms with E-state index in [1.807, 2.05) is 37.3 Å². The molecule has 102 valence electrons. The van der Waals surface area contributed by atoms with Crippen LogP contribution in [0.25, 0.3) is 11.1 Å². The first-order chi connectivity index (χ1) is 9.69. The van der Waals surface area contributed by atoms with E-state index in [0.29, 0.717) is 12.1 Å². The Bertz CT molecular complexity index is 814. The minimum atomic E-state index is -0.377. The average Bonchev–Trinajstić information content (AvgIpc) is 2.76. The lowest BCUT2D eigenvalue weighted by Crippen LogP contribution is -2.15. The van der Waals surface area contributed by atoms with E-state index in [2.05, 4.69) is 0 Å². The maximum Gasteiger partial charge on any atom is 0.420 e. The maximum atomic E-state index is 12.0. The maximum absolute atomic E-state index is 12.0. The number of hydrogen-bond donors (Lipinski definition) is 1. The van der Waals surface area contributed by atoms with Gasteiger partial charge in [-0.15, -0.1) is 0 Å². The normalized spacial score (nSPS) is 11.1. The molecule has 0 spiro atoms. The molecule has 20 heavy (non-hydrogen) atoms.